The number of hydrogen-bond donors (Lipinski definition) is 0. The van der Waals surface area contributed by atoms with Crippen LogP contribution in [0.2, 0.25) is 0 Å². The van der Waals surface area contributed by atoms with Gasteiger partial charge in [-0.05, 0) is 60.7 Å². The summed E-state index contributed by atoms with van der Waals surface area (Å²) in [5.41, 5.74) is 15.2. The molecule has 0 spiro atoms. The molecule has 0 atom stereocenters. The first-order valence-electron chi connectivity index (χ1n) is 24.2. The minimum absolute atomic E-state index is 0.421. The van der Waals surface area contributed by atoms with Crippen molar-refractivity contribution in [3.8, 4) is 57.0 Å². The third-order valence-corrected chi connectivity index (χ3v) is 14.5. The number of nitriles is 1. The first-order chi connectivity index (χ1) is 35.7. The summed E-state index contributed by atoms with van der Waals surface area (Å²) in [5.74, 6) is 0.499. The zero-order valence-electron chi connectivity index (χ0n) is 38.5. The number of para-hydroxylation sites is 6. The molecule has 5 heterocycles. The topological polar surface area (TPSA) is 77.5 Å². The fourth-order valence-corrected chi connectivity index (χ4v) is 11.6. The summed E-state index contributed by atoms with van der Waals surface area (Å²) >= 11 is 0. The molecule has 10 aromatic carbocycles. The highest BCUT2D eigenvalue weighted by Gasteiger charge is 2.31. The summed E-state index contributed by atoms with van der Waals surface area (Å²) in [5, 5.41) is 19.6. The monoisotopic (exact) mass is 918 g/mol. The Morgan fingerprint density at radius 1 is 0.375 bits per heavy atom. The second-order valence-corrected chi connectivity index (χ2v) is 18.3. The molecular formula is C65H38N6O. The molecule has 334 valence electrons. The van der Waals surface area contributed by atoms with Gasteiger partial charge in [0.05, 0.1) is 50.2 Å². The van der Waals surface area contributed by atoms with Gasteiger partial charge in [-0.25, -0.2) is 9.97 Å². The molecule has 0 aliphatic rings. The molecule has 0 N–H and O–H groups in total. The number of nitrogens with zero attached hydrogens (tertiary/aromatic N) is 6. The van der Waals surface area contributed by atoms with E-state index in [1.165, 1.54) is 10.8 Å². The van der Waals surface area contributed by atoms with Gasteiger partial charge >= 0.3 is 0 Å². The molecule has 0 unspecified atom stereocenters. The minimum Gasteiger partial charge on any atom is -0.454 e. The van der Waals surface area contributed by atoms with Crippen LogP contribution in [-0.4, -0.2) is 23.7 Å². The molecule has 7 heteroatoms. The van der Waals surface area contributed by atoms with Gasteiger partial charge in [0.2, 0.25) is 0 Å². The molecule has 5 aromatic heterocycles. The lowest BCUT2D eigenvalue weighted by molar-refractivity contribution is 0.666. The van der Waals surface area contributed by atoms with Crippen LogP contribution in [0.3, 0.4) is 0 Å². The zero-order valence-corrected chi connectivity index (χ0v) is 38.5. The Labute approximate surface area is 411 Å². The maximum Gasteiger partial charge on any atom is 0.161 e. The van der Waals surface area contributed by atoms with Crippen LogP contribution in [0.5, 0.6) is 0 Å². The second-order valence-electron chi connectivity index (χ2n) is 18.3. The van der Waals surface area contributed by atoms with Crippen molar-refractivity contribution in [3.63, 3.8) is 0 Å². The van der Waals surface area contributed by atoms with Gasteiger partial charge in [0.15, 0.2) is 11.4 Å². The lowest BCUT2D eigenvalue weighted by atomic mass is 9.99. The molecule has 15 rings (SSSR count). The Kier molecular flexibility index (Phi) is 8.59. The SMILES string of the molecule is N#Cc1c(-c2ccccc2)nc(-c2ccc(-n3c4ccccc4c4c5c(c6ccccc6n5-c5ccccc5)c5c(c6ccccc6n5-c5ccccc5)c43)c3oc4ccccc4c23)nc1-c1ccccc1. The van der Waals surface area contributed by atoms with Crippen LogP contribution in [0.25, 0.3) is 138 Å². The van der Waals surface area contributed by atoms with Gasteiger partial charge in [0.1, 0.15) is 17.2 Å². The average molecular weight is 919 g/mol. The average Bonchev–Trinajstić information content (AvgIpc) is 4.21. The summed E-state index contributed by atoms with van der Waals surface area (Å²) in [6, 6.07) is 82.9. The van der Waals surface area contributed by atoms with Crippen molar-refractivity contribution >= 4 is 87.4 Å². The molecule has 0 saturated carbocycles. The summed E-state index contributed by atoms with van der Waals surface area (Å²) in [6.45, 7) is 0. The largest absolute Gasteiger partial charge is 0.454 e. The van der Waals surface area contributed by atoms with Crippen molar-refractivity contribution < 1.29 is 4.42 Å². The van der Waals surface area contributed by atoms with Gasteiger partial charge in [0, 0.05) is 71.2 Å². The quantitative estimate of drug-likeness (QED) is 0.166. The second kappa shape index (κ2) is 15.5. The number of benzene rings is 10. The third-order valence-electron chi connectivity index (χ3n) is 14.5. The maximum atomic E-state index is 10.8. The van der Waals surface area contributed by atoms with Crippen LogP contribution in [0.4, 0.5) is 0 Å². The van der Waals surface area contributed by atoms with Crippen LogP contribution in [0, 0.1) is 11.3 Å². The van der Waals surface area contributed by atoms with E-state index in [0.29, 0.717) is 28.4 Å². The Balaban J connectivity index is 1.15. The molecule has 0 amide bonds. The van der Waals surface area contributed by atoms with Crippen molar-refractivity contribution in [2.24, 2.45) is 0 Å². The molecule has 0 saturated heterocycles. The molecule has 0 aliphatic heterocycles. The lowest BCUT2D eigenvalue weighted by Crippen LogP contribution is -2.02. The third kappa shape index (κ3) is 5.60. The van der Waals surface area contributed by atoms with Crippen molar-refractivity contribution in [2.75, 3.05) is 0 Å². The summed E-state index contributed by atoms with van der Waals surface area (Å²) in [7, 11) is 0. The Hall–Kier alpha value is -10.0. The smallest absolute Gasteiger partial charge is 0.161 e. The van der Waals surface area contributed by atoms with E-state index in [-0.39, 0.29) is 0 Å². The first-order valence-corrected chi connectivity index (χ1v) is 24.2. The molecule has 0 aliphatic carbocycles. The van der Waals surface area contributed by atoms with E-state index >= 15 is 0 Å². The maximum absolute atomic E-state index is 10.8. The van der Waals surface area contributed by atoms with E-state index in [2.05, 4.69) is 177 Å². The van der Waals surface area contributed by atoms with Gasteiger partial charge in [0.25, 0.3) is 0 Å². The van der Waals surface area contributed by atoms with Gasteiger partial charge in [-0.3, -0.25) is 0 Å². The van der Waals surface area contributed by atoms with Gasteiger partial charge in [-0.1, -0.05) is 170 Å². The van der Waals surface area contributed by atoms with Crippen LogP contribution in [0.15, 0.2) is 235 Å². The van der Waals surface area contributed by atoms with E-state index in [4.69, 9.17) is 14.4 Å². The van der Waals surface area contributed by atoms with Gasteiger partial charge in [-0.15, -0.1) is 0 Å². The molecule has 0 fully saturated rings. The normalized spacial score (nSPS) is 11.9. The Morgan fingerprint density at radius 3 is 1.26 bits per heavy atom. The standard InChI is InChI=1S/C65H38N6O/c66-39-49-59(40-21-5-1-6-22-40)67-65(68-60(49)41-23-7-2-8-24-41)48-37-38-53(64-55(48)47-32-16-20-36-54(47)72-64)71-52-35-19-15-31-46(52)58-62-56(44-29-13-17-33-50(44)69(62)42-25-9-3-10-26-42)61-57(63(58)71)45-30-14-18-34-51(45)70(61)43-27-11-4-12-28-43/h1-38H. The van der Waals surface area contributed by atoms with Crippen molar-refractivity contribution in [2.45, 2.75) is 0 Å². The number of hydrogen-bond acceptors (Lipinski definition) is 4. The van der Waals surface area contributed by atoms with Crippen molar-refractivity contribution in [1.29, 1.82) is 5.26 Å². The van der Waals surface area contributed by atoms with E-state index in [0.717, 1.165) is 105 Å². The Bertz CT molecular complexity index is 4600. The highest BCUT2D eigenvalue weighted by atomic mass is 16.3. The lowest BCUT2D eigenvalue weighted by Gasteiger charge is -2.15. The molecule has 15 aromatic rings. The van der Waals surface area contributed by atoms with Crippen molar-refractivity contribution in [3.05, 3.63) is 236 Å². The predicted molar refractivity (Wildman–Crippen MR) is 293 cm³/mol. The van der Waals surface area contributed by atoms with Crippen LogP contribution in [0.1, 0.15) is 5.56 Å². The fraction of sp³-hybridized carbons (Fsp3) is 0. The number of fused-ring (bicyclic) bond motifs is 15. The number of furan rings is 1. The molecule has 0 radical (unpaired) electrons. The summed E-state index contributed by atoms with van der Waals surface area (Å²) in [4.78, 5) is 10.6. The van der Waals surface area contributed by atoms with E-state index in [1.54, 1.807) is 0 Å². The summed E-state index contributed by atoms with van der Waals surface area (Å²) in [6.07, 6.45) is 0. The minimum atomic E-state index is 0.421. The van der Waals surface area contributed by atoms with E-state index in [9.17, 15) is 5.26 Å². The van der Waals surface area contributed by atoms with E-state index in [1.807, 2.05) is 72.8 Å². The first kappa shape index (κ1) is 39.9. The Morgan fingerprint density at radius 2 is 0.778 bits per heavy atom. The van der Waals surface area contributed by atoms with E-state index < -0.39 is 0 Å². The van der Waals surface area contributed by atoms with Gasteiger partial charge < -0.3 is 18.1 Å². The molecular weight excluding hydrogens is 881 g/mol. The van der Waals surface area contributed by atoms with Crippen LogP contribution >= 0.6 is 0 Å². The van der Waals surface area contributed by atoms with Crippen molar-refractivity contribution in [1.82, 2.24) is 23.7 Å². The highest BCUT2D eigenvalue weighted by molar-refractivity contribution is 6.40. The summed E-state index contributed by atoms with van der Waals surface area (Å²) < 4.78 is 14.6. The molecule has 72 heavy (non-hydrogen) atoms. The predicted octanol–water partition coefficient (Wildman–Crippen LogP) is 16.5. The number of rotatable bonds is 6. The number of aromatic nitrogens is 5. The highest BCUT2D eigenvalue weighted by Crippen LogP contribution is 2.51. The van der Waals surface area contributed by atoms with Gasteiger partial charge in [-0.2, -0.15) is 5.26 Å². The van der Waals surface area contributed by atoms with Crippen LogP contribution in [-0.2, 0) is 0 Å². The van der Waals surface area contributed by atoms with Crippen LogP contribution < -0.4 is 0 Å². The molecule has 0 bridgehead atoms. The molecule has 7 nitrogen and oxygen atoms in total. The zero-order chi connectivity index (χ0) is 47.4. The fourth-order valence-electron chi connectivity index (χ4n) is 11.6.